The van der Waals surface area contributed by atoms with Crippen molar-refractivity contribution in [3.05, 3.63) is 76.2 Å². The second-order valence-corrected chi connectivity index (χ2v) is 7.54. The van der Waals surface area contributed by atoms with Crippen LogP contribution in [-0.4, -0.2) is 5.78 Å². The molecular weight excluding hydrogens is 340 g/mol. The number of carbonyl (C=O) groups is 1. The van der Waals surface area contributed by atoms with Crippen molar-refractivity contribution in [1.82, 2.24) is 0 Å². The number of benzene rings is 2. The van der Waals surface area contributed by atoms with Gasteiger partial charge in [0.05, 0.1) is 0 Å². The third-order valence-electron chi connectivity index (χ3n) is 5.25. The molecule has 4 rings (SSSR count). The summed E-state index contributed by atoms with van der Waals surface area (Å²) in [5.41, 5.74) is 10.2. The van der Waals surface area contributed by atoms with Crippen molar-refractivity contribution in [1.29, 1.82) is 0 Å². The monoisotopic (exact) mass is 375 g/mol. The molecule has 1 radical (unpaired) electrons. The predicted octanol–water partition coefficient (Wildman–Crippen LogP) is 7.75. The van der Waals surface area contributed by atoms with E-state index in [0.717, 1.165) is 12.0 Å². The van der Waals surface area contributed by atoms with Crippen LogP contribution in [0.4, 0.5) is 0 Å². The molecule has 0 saturated carbocycles. The average molecular weight is 376 g/mol. The Morgan fingerprint density at radius 2 is 1.54 bits per heavy atom. The first-order valence-electron chi connectivity index (χ1n) is 10.8. The molecule has 0 atom stereocenters. The summed E-state index contributed by atoms with van der Waals surface area (Å²) in [6.07, 6.45) is 9.93. The summed E-state index contributed by atoms with van der Waals surface area (Å²) in [5, 5.41) is 0. The van der Waals surface area contributed by atoms with E-state index in [1.165, 1.54) is 52.6 Å². The van der Waals surface area contributed by atoms with Gasteiger partial charge in [0.1, 0.15) is 0 Å². The maximum absolute atomic E-state index is 11.9. The summed E-state index contributed by atoms with van der Waals surface area (Å²) < 4.78 is 0. The lowest BCUT2D eigenvalue weighted by Crippen LogP contribution is -1.96. The Kier molecular flexibility index (Phi) is 8.23. The maximum atomic E-state index is 11.9. The molecule has 0 amide bonds. The van der Waals surface area contributed by atoms with Crippen molar-refractivity contribution in [2.24, 2.45) is 0 Å². The third-order valence-corrected chi connectivity index (χ3v) is 5.25. The number of fused-ring (bicyclic) bond motifs is 1. The molecule has 2 aromatic rings. The van der Waals surface area contributed by atoms with E-state index in [0.29, 0.717) is 12.2 Å². The Labute approximate surface area is 171 Å². The number of hydrogen-bond acceptors (Lipinski definition) is 1. The van der Waals surface area contributed by atoms with Crippen molar-refractivity contribution in [3.63, 3.8) is 0 Å². The largest absolute Gasteiger partial charge is 0.294 e. The predicted molar refractivity (Wildman–Crippen MR) is 122 cm³/mol. The molecule has 0 unspecified atom stereocenters. The number of aryl methyl sites for hydroxylation is 3. The number of unbranched alkanes of at least 4 members (excludes halogenated alkanes) is 1. The molecule has 0 bridgehead atoms. The van der Waals surface area contributed by atoms with Gasteiger partial charge < -0.3 is 0 Å². The van der Waals surface area contributed by atoms with Gasteiger partial charge in [0, 0.05) is 18.4 Å². The lowest BCUT2D eigenvalue weighted by molar-refractivity contribution is 0.0994. The fraction of sp³-hybridized carbons (Fsp3) is 0.407. The minimum Gasteiger partial charge on any atom is -0.294 e. The molecule has 0 fully saturated rings. The van der Waals surface area contributed by atoms with Crippen LogP contribution in [0.1, 0.15) is 79.1 Å². The smallest absolute Gasteiger partial charge is 0.163 e. The fourth-order valence-electron chi connectivity index (χ4n) is 3.94. The molecule has 1 nitrogen and oxygen atoms in total. The molecule has 0 aliphatic heterocycles. The van der Waals surface area contributed by atoms with Crippen LogP contribution in [0.2, 0.25) is 0 Å². The van der Waals surface area contributed by atoms with E-state index in [9.17, 15) is 4.79 Å². The van der Waals surface area contributed by atoms with Crippen LogP contribution in [-0.2, 0) is 6.42 Å². The first-order chi connectivity index (χ1) is 13.5. The second kappa shape index (κ2) is 10.4. The van der Waals surface area contributed by atoms with Crippen molar-refractivity contribution in [2.75, 3.05) is 0 Å². The Bertz CT molecular complexity index is 832. The minimum absolute atomic E-state index is 0.291. The van der Waals surface area contributed by atoms with Gasteiger partial charge in [0.15, 0.2) is 5.78 Å². The Morgan fingerprint density at radius 1 is 0.929 bits per heavy atom. The highest BCUT2D eigenvalue weighted by Gasteiger charge is 2.23. The summed E-state index contributed by atoms with van der Waals surface area (Å²) in [5.74, 6) is 0.291. The number of allylic oxidation sites excluding steroid dienone is 2. The fourth-order valence-corrected chi connectivity index (χ4v) is 3.94. The first kappa shape index (κ1) is 22.1. The molecule has 28 heavy (non-hydrogen) atoms. The topological polar surface area (TPSA) is 17.1 Å². The Morgan fingerprint density at radius 3 is 2.11 bits per heavy atom. The molecule has 0 aromatic heterocycles. The summed E-state index contributed by atoms with van der Waals surface area (Å²) >= 11 is 0. The molecule has 0 N–H and O–H groups in total. The van der Waals surface area contributed by atoms with Gasteiger partial charge >= 0.3 is 0 Å². The van der Waals surface area contributed by atoms with E-state index in [1.807, 2.05) is 26.0 Å². The van der Waals surface area contributed by atoms with Gasteiger partial charge in [-0.15, -0.1) is 0 Å². The molecule has 149 valence electrons. The lowest BCUT2D eigenvalue weighted by Gasteiger charge is -2.15. The molecular formula is C27H35O. The van der Waals surface area contributed by atoms with Crippen LogP contribution in [0.25, 0.3) is 11.1 Å². The van der Waals surface area contributed by atoms with E-state index in [2.05, 4.69) is 58.4 Å². The number of rotatable bonds is 4. The summed E-state index contributed by atoms with van der Waals surface area (Å²) in [4.78, 5) is 11.9. The molecule has 0 saturated heterocycles. The molecule has 2 aromatic carbocycles. The van der Waals surface area contributed by atoms with E-state index in [-0.39, 0.29) is 0 Å². The summed E-state index contributed by atoms with van der Waals surface area (Å²) in [6, 6.07) is 10.6. The van der Waals surface area contributed by atoms with Gasteiger partial charge in [-0.05, 0) is 67.9 Å². The highest BCUT2D eigenvalue weighted by molar-refractivity contribution is 6.02. The zero-order valence-corrected chi connectivity index (χ0v) is 18.5. The van der Waals surface area contributed by atoms with Crippen molar-refractivity contribution in [3.8, 4) is 11.1 Å². The van der Waals surface area contributed by atoms with E-state index >= 15 is 0 Å². The van der Waals surface area contributed by atoms with Crippen LogP contribution >= 0.6 is 0 Å². The zero-order valence-electron chi connectivity index (χ0n) is 18.5. The quantitative estimate of drug-likeness (QED) is 0.534. The highest BCUT2D eigenvalue weighted by atomic mass is 16.1. The minimum atomic E-state index is 0.291. The number of ketones is 1. The normalized spacial score (nSPS) is 13.6. The van der Waals surface area contributed by atoms with Gasteiger partial charge in [-0.3, -0.25) is 4.79 Å². The molecule has 0 heterocycles. The van der Waals surface area contributed by atoms with Crippen LogP contribution in [0.15, 0.2) is 42.0 Å². The zero-order chi connectivity index (χ0) is 20.7. The Hall–Kier alpha value is -2.15. The maximum Gasteiger partial charge on any atom is 0.163 e. The second-order valence-electron chi connectivity index (χ2n) is 7.54. The van der Waals surface area contributed by atoms with E-state index in [1.54, 1.807) is 5.57 Å². The number of Topliss-reactive ketones (excluding diaryl/α,β-unsaturated/α-hetero) is 1. The molecule has 0 spiro atoms. The standard InChI is InChI=1S/C18H18O.C7H11.C2H6/c1-11-9-12(2)18(13(3)10-11)16-6-4-5-15-14(16)7-8-17(15)19;1-2-3-4-7-5-6-7;1-2/h4-6,9-10H,7-8H2,1-3H3;5-6H,2-4H2,1H3;1-2H3. The SMILES string of the molecule is CC.CCCCC1=C[CH]1.Cc1cc(C)c(-c2cccc3c2CCC3=O)c(C)c1. The van der Waals surface area contributed by atoms with Gasteiger partial charge in [0.2, 0.25) is 0 Å². The lowest BCUT2D eigenvalue weighted by atomic mass is 9.89. The van der Waals surface area contributed by atoms with Gasteiger partial charge in [-0.2, -0.15) is 0 Å². The van der Waals surface area contributed by atoms with Crippen LogP contribution in [0.3, 0.4) is 0 Å². The van der Waals surface area contributed by atoms with Crippen LogP contribution in [0.5, 0.6) is 0 Å². The van der Waals surface area contributed by atoms with Gasteiger partial charge in [-0.25, -0.2) is 0 Å². The van der Waals surface area contributed by atoms with Gasteiger partial charge in [-0.1, -0.05) is 74.7 Å². The summed E-state index contributed by atoms with van der Waals surface area (Å²) in [7, 11) is 0. The van der Waals surface area contributed by atoms with Crippen LogP contribution < -0.4 is 0 Å². The van der Waals surface area contributed by atoms with Crippen molar-refractivity contribution >= 4 is 5.78 Å². The van der Waals surface area contributed by atoms with E-state index in [4.69, 9.17) is 0 Å². The molecule has 2 aliphatic rings. The van der Waals surface area contributed by atoms with Gasteiger partial charge in [0.25, 0.3) is 0 Å². The summed E-state index contributed by atoms with van der Waals surface area (Å²) in [6.45, 7) is 12.7. The highest BCUT2D eigenvalue weighted by Crippen LogP contribution is 2.36. The first-order valence-corrected chi connectivity index (χ1v) is 10.8. The average Bonchev–Trinajstić information content (AvgIpc) is 3.43. The van der Waals surface area contributed by atoms with Crippen molar-refractivity contribution < 1.29 is 4.79 Å². The third kappa shape index (κ3) is 5.44. The Balaban J connectivity index is 0.000000261. The number of carbonyl (C=O) groups excluding carboxylic acids is 1. The molecule has 2 aliphatic carbocycles. The molecule has 1 heteroatoms. The number of hydrogen-bond donors (Lipinski definition) is 0. The van der Waals surface area contributed by atoms with E-state index < -0.39 is 0 Å². The van der Waals surface area contributed by atoms with Crippen molar-refractivity contribution in [2.45, 2.75) is 73.6 Å². The van der Waals surface area contributed by atoms with Crippen LogP contribution in [0, 0.1) is 27.2 Å².